The molecule has 1 aliphatic rings. The zero-order chi connectivity index (χ0) is 25.9. The first-order chi connectivity index (χ1) is 17.3. The van der Waals surface area contributed by atoms with Crippen molar-refractivity contribution in [2.75, 3.05) is 36.4 Å². The van der Waals surface area contributed by atoms with Gasteiger partial charge >= 0.3 is 5.97 Å². The molecule has 0 radical (unpaired) electrons. The number of halogens is 1. The lowest BCUT2D eigenvalue weighted by Crippen LogP contribution is -2.30. The van der Waals surface area contributed by atoms with E-state index in [1.165, 1.54) is 47.0 Å². The SMILES string of the molecule is CCOC(=O)c1c(NC(=O)c2ccc(S(=O)(=O)N(C)c3ccccc3)cc2)sc2c1CCN(CC)C2.Cl. The van der Waals surface area contributed by atoms with Crippen LogP contribution in [0.1, 0.15) is 45.0 Å². The van der Waals surface area contributed by atoms with E-state index in [4.69, 9.17) is 4.74 Å². The average Bonchev–Trinajstić information content (AvgIpc) is 3.25. The van der Waals surface area contributed by atoms with Crippen LogP contribution in [0.3, 0.4) is 0 Å². The van der Waals surface area contributed by atoms with Crippen LogP contribution in [0, 0.1) is 0 Å². The second-order valence-electron chi connectivity index (χ2n) is 8.33. The molecule has 1 N–H and O–H groups in total. The van der Waals surface area contributed by atoms with Crippen LogP contribution in [0.15, 0.2) is 59.5 Å². The predicted molar refractivity (Wildman–Crippen MR) is 149 cm³/mol. The van der Waals surface area contributed by atoms with E-state index in [1.807, 2.05) is 6.07 Å². The lowest BCUT2D eigenvalue weighted by molar-refractivity contribution is 0.0526. The molecule has 0 atom stereocenters. The highest BCUT2D eigenvalue weighted by Gasteiger charge is 2.29. The van der Waals surface area contributed by atoms with Crippen molar-refractivity contribution >= 4 is 56.3 Å². The first-order valence-corrected chi connectivity index (χ1v) is 14.0. The summed E-state index contributed by atoms with van der Waals surface area (Å²) in [5.41, 5.74) is 2.18. The molecule has 0 unspecified atom stereocenters. The second-order valence-corrected chi connectivity index (χ2v) is 11.4. The fraction of sp³-hybridized carbons (Fsp3) is 0.308. The van der Waals surface area contributed by atoms with Crippen LogP contribution in [0.5, 0.6) is 0 Å². The third-order valence-corrected chi connectivity index (χ3v) is 9.12. The number of nitrogens with one attached hydrogen (secondary N) is 1. The number of likely N-dealkylation sites (N-methyl/N-ethyl adjacent to an activating group) is 1. The van der Waals surface area contributed by atoms with Crippen molar-refractivity contribution in [3.05, 3.63) is 76.2 Å². The largest absolute Gasteiger partial charge is 0.462 e. The summed E-state index contributed by atoms with van der Waals surface area (Å²) in [4.78, 5) is 29.2. The minimum absolute atomic E-state index is 0. The number of nitrogens with zero attached hydrogens (tertiary/aromatic N) is 2. The molecule has 2 aromatic carbocycles. The van der Waals surface area contributed by atoms with Crippen LogP contribution in [0.4, 0.5) is 10.7 Å². The highest BCUT2D eigenvalue weighted by molar-refractivity contribution is 7.92. The van der Waals surface area contributed by atoms with Gasteiger partial charge in [0, 0.05) is 30.6 Å². The molecule has 8 nitrogen and oxygen atoms in total. The number of sulfonamides is 1. The number of amides is 1. The van der Waals surface area contributed by atoms with Gasteiger partial charge in [0.25, 0.3) is 15.9 Å². The molecule has 0 bridgehead atoms. The molecule has 0 fully saturated rings. The van der Waals surface area contributed by atoms with Gasteiger partial charge in [0.1, 0.15) is 5.00 Å². The summed E-state index contributed by atoms with van der Waals surface area (Å²) in [6.07, 6.45) is 0.713. The van der Waals surface area contributed by atoms with Crippen LogP contribution in [-0.4, -0.2) is 51.9 Å². The van der Waals surface area contributed by atoms with Crippen molar-refractivity contribution in [2.24, 2.45) is 0 Å². The fourth-order valence-corrected chi connectivity index (χ4v) is 6.59. The van der Waals surface area contributed by atoms with Crippen molar-refractivity contribution in [3.63, 3.8) is 0 Å². The molecule has 0 saturated carbocycles. The number of hydrogen-bond acceptors (Lipinski definition) is 7. The summed E-state index contributed by atoms with van der Waals surface area (Å²) in [6, 6.07) is 14.5. The Morgan fingerprint density at radius 3 is 2.38 bits per heavy atom. The van der Waals surface area contributed by atoms with Crippen molar-refractivity contribution in [3.8, 4) is 0 Å². The molecule has 198 valence electrons. The van der Waals surface area contributed by atoms with E-state index in [-0.39, 0.29) is 29.5 Å². The number of ether oxygens (including phenoxy) is 1. The zero-order valence-electron chi connectivity index (χ0n) is 20.9. The van der Waals surface area contributed by atoms with Crippen molar-refractivity contribution < 1.29 is 22.7 Å². The van der Waals surface area contributed by atoms with Crippen molar-refractivity contribution in [2.45, 2.75) is 31.7 Å². The van der Waals surface area contributed by atoms with Crippen molar-refractivity contribution in [1.82, 2.24) is 4.90 Å². The Bertz CT molecular complexity index is 1360. The van der Waals surface area contributed by atoms with Gasteiger partial charge in [-0.2, -0.15) is 0 Å². The van der Waals surface area contributed by atoms with Gasteiger partial charge in [-0.3, -0.25) is 14.0 Å². The number of rotatable bonds is 8. The van der Waals surface area contributed by atoms with E-state index in [9.17, 15) is 18.0 Å². The first kappa shape index (κ1) is 28.6. The molecule has 0 aliphatic carbocycles. The fourth-order valence-electron chi connectivity index (χ4n) is 4.12. The maximum Gasteiger partial charge on any atom is 0.341 e. The Hall–Kier alpha value is -2.92. The third-order valence-electron chi connectivity index (χ3n) is 6.18. The average molecular weight is 564 g/mol. The Morgan fingerprint density at radius 2 is 1.76 bits per heavy atom. The van der Waals surface area contributed by atoms with Gasteiger partial charge in [-0.05, 0) is 61.9 Å². The normalized spacial score (nSPS) is 13.3. The zero-order valence-corrected chi connectivity index (χ0v) is 23.3. The molecule has 3 aromatic rings. The van der Waals surface area contributed by atoms with Gasteiger partial charge in [0.2, 0.25) is 0 Å². The van der Waals surface area contributed by atoms with Gasteiger partial charge in [0.15, 0.2) is 0 Å². The first-order valence-electron chi connectivity index (χ1n) is 11.8. The van der Waals surface area contributed by atoms with E-state index in [1.54, 1.807) is 31.2 Å². The maximum atomic E-state index is 13.1. The summed E-state index contributed by atoms with van der Waals surface area (Å²) in [6.45, 7) is 6.55. The molecule has 11 heteroatoms. The van der Waals surface area contributed by atoms with Crippen LogP contribution >= 0.6 is 23.7 Å². The Morgan fingerprint density at radius 1 is 1.08 bits per heavy atom. The number of fused-ring (bicyclic) bond motifs is 1. The number of esters is 1. The quantitative estimate of drug-likeness (QED) is 0.395. The van der Waals surface area contributed by atoms with Gasteiger partial charge in [-0.15, -0.1) is 23.7 Å². The number of carbonyl (C=O) groups excluding carboxylic acids is 2. The molecule has 37 heavy (non-hydrogen) atoms. The van der Waals surface area contributed by atoms with Crippen LogP contribution in [-0.2, 0) is 27.7 Å². The number of benzene rings is 2. The molecule has 1 amide bonds. The summed E-state index contributed by atoms with van der Waals surface area (Å²) in [5.74, 6) is -0.868. The monoisotopic (exact) mass is 563 g/mol. The minimum atomic E-state index is -3.79. The van der Waals surface area contributed by atoms with E-state index < -0.39 is 21.9 Å². The smallest absolute Gasteiger partial charge is 0.341 e. The second kappa shape index (κ2) is 12.1. The Labute approximate surface area is 227 Å². The van der Waals surface area contributed by atoms with Gasteiger partial charge < -0.3 is 10.1 Å². The highest BCUT2D eigenvalue weighted by atomic mass is 35.5. The standard InChI is InChI=1S/C26H29N3O5S2.ClH/c1-4-29-16-15-21-22(17-29)35-25(23(21)26(31)34-5-2)27-24(30)18-11-13-20(14-12-18)36(32,33)28(3)19-9-7-6-8-10-19;/h6-14H,4-5,15-17H2,1-3H3,(H,27,30);1H. The molecular weight excluding hydrogens is 534 g/mol. The van der Waals surface area contributed by atoms with E-state index in [2.05, 4.69) is 17.1 Å². The molecule has 4 rings (SSSR count). The highest BCUT2D eigenvalue weighted by Crippen LogP contribution is 2.38. The van der Waals surface area contributed by atoms with E-state index in [0.29, 0.717) is 22.7 Å². The Balaban J connectivity index is 0.00000380. The van der Waals surface area contributed by atoms with Crippen LogP contribution < -0.4 is 9.62 Å². The van der Waals surface area contributed by atoms with Gasteiger partial charge in [0.05, 0.1) is 22.8 Å². The summed E-state index contributed by atoms with van der Waals surface area (Å²) in [5, 5.41) is 3.32. The molecule has 1 aromatic heterocycles. The summed E-state index contributed by atoms with van der Waals surface area (Å²) >= 11 is 1.39. The lowest BCUT2D eigenvalue weighted by atomic mass is 10.0. The molecular formula is C26H30ClN3O5S2. The van der Waals surface area contributed by atoms with Gasteiger partial charge in [-0.1, -0.05) is 25.1 Å². The minimum Gasteiger partial charge on any atom is -0.462 e. The number of hydrogen-bond donors (Lipinski definition) is 1. The van der Waals surface area contributed by atoms with Crippen molar-refractivity contribution in [1.29, 1.82) is 0 Å². The summed E-state index contributed by atoms with van der Waals surface area (Å²) in [7, 11) is -2.30. The number of thiophene rings is 1. The third kappa shape index (κ3) is 5.98. The topological polar surface area (TPSA) is 96.0 Å². The van der Waals surface area contributed by atoms with Crippen LogP contribution in [0.25, 0.3) is 0 Å². The maximum absolute atomic E-state index is 13.1. The summed E-state index contributed by atoms with van der Waals surface area (Å²) < 4.78 is 32.5. The van der Waals surface area contributed by atoms with E-state index in [0.717, 1.165) is 30.1 Å². The van der Waals surface area contributed by atoms with E-state index >= 15 is 0 Å². The molecule has 2 heterocycles. The van der Waals surface area contributed by atoms with Crippen LogP contribution in [0.2, 0.25) is 0 Å². The number of anilines is 2. The Kier molecular flexibility index (Phi) is 9.36. The molecule has 1 aliphatic heterocycles. The lowest BCUT2D eigenvalue weighted by Gasteiger charge is -2.25. The molecule has 0 saturated heterocycles. The number of carbonyl (C=O) groups is 2. The van der Waals surface area contributed by atoms with Gasteiger partial charge in [-0.25, -0.2) is 13.2 Å². The predicted octanol–water partition coefficient (Wildman–Crippen LogP) is 4.80. The molecule has 0 spiro atoms. The number of para-hydroxylation sites is 1.